The zero-order valence-electron chi connectivity index (χ0n) is 14.1. The lowest BCUT2D eigenvalue weighted by Crippen LogP contribution is -2.35. The molecule has 0 fully saturated rings. The molecule has 0 spiro atoms. The van der Waals surface area contributed by atoms with E-state index < -0.39 is 0 Å². The van der Waals surface area contributed by atoms with Crippen LogP contribution in [-0.2, 0) is 16.1 Å². The highest BCUT2D eigenvalue weighted by Gasteiger charge is 2.15. The Kier molecular flexibility index (Phi) is 5.95. The molecule has 0 radical (unpaired) electrons. The van der Waals surface area contributed by atoms with Gasteiger partial charge in [0.25, 0.3) is 0 Å². The van der Waals surface area contributed by atoms with E-state index >= 15 is 0 Å². The summed E-state index contributed by atoms with van der Waals surface area (Å²) in [5, 5.41) is 9.85. The maximum absolute atomic E-state index is 12.3. The largest absolute Gasteiger partial charge is 0.465 e. The molecule has 2 aromatic heterocycles. The van der Waals surface area contributed by atoms with E-state index in [1.54, 1.807) is 7.11 Å². The van der Waals surface area contributed by atoms with Crippen molar-refractivity contribution in [2.45, 2.75) is 27.3 Å². The van der Waals surface area contributed by atoms with Crippen molar-refractivity contribution in [3.05, 3.63) is 35.0 Å². The molecule has 2 rings (SSSR count). The van der Waals surface area contributed by atoms with Crippen LogP contribution in [0.1, 0.15) is 22.9 Å². The maximum atomic E-state index is 12.3. The number of hydrogen-bond acceptors (Lipinski definition) is 5. The van der Waals surface area contributed by atoms with Crippen LogP contribution in [0.2, 0.25) is 0 Å². The molecular formula is C16H24N4O3. The summed E-state index contributed by atoms with van der Waals surface area (Å²) in [5.41, 5.74) is 2.37. The van der Waals surface area contributed by atoms with Crippen LogP contribution in [0.5, 0.6) is 0 Å². The van der Waals surface area contributed by atoms with E-state index in [4.69, 9.17) is 9.15 Å². The van der Waals surface area contributed by atoms with Gasteiger partial charge >= 0.3 is 0 Å². The average molecular weight is 320 g/mol. The first-order valence-corrected chi connectivity index (χ1v) is 7.57. The van der Waals surface area contributed by atoms with Crippen LogP contribution < -0.4 is 5.32 Å². The van der Waals surface area contributed by atoms with Crippen molar-refractivity contribution in [3.8, 4) is 0 Å². The second kappa shape index (κ2) is 7.94. The molecular weight excluding hydrogens is 296 g/mol. The summed E-state index contributed by atoms with van der Waals surface area (Å²) in [6.45, 7) is 7.66. The lowest BCUT2D eigenvalue weighted by Gasteiger charge is -2.20. The normalized spacial score (nSPS) is 11.2. The third kappa shape index (κ3) is 4.94. The van der Waals surface area contributed by atoms with Gasteiger partial charge in [-0.15, -0.1) is 0 Å². The van der Waals surface area contributed by atoms with Crippen LogP contribution in [-0.4, -0.2) is 47.8 Å². The van der Waals surface area contributed by atoms with Crippen molar-refractivity contribution in [2.75, 3.05) is 32.1 Å². The van der Waals surface area contributed by atoms with E-state index in [1.807, 2.05) is 37.8 Å². The second-order valence-electron chi connectivity index (χ2n) is 5.57. The molecule has 0 aliphatic rings. The molecule has 2 heterocycles. The van der Waals surface area contributed by atoms with Gasteiger partial charge in [-0.3, -0.25) is 14.8 Å². The number of anilines is 1. The third-order valence-electron chi connectivity index (χ3n) is 3.55. The summed E-state index contributed by atoms with van der Waals surface area (Å²) in [6, 6.07) is 3.85. The zero-order valence-corrected chi connectivity index (χ0v) is 14.1. The number of aromatic amines is 1. The third-order valence-corrected chi connectivity index (χ3v) is 3.55. The number of carbonyl (C=O) groups excluding carboxylic acids is 1. The number of amides is 1. The number of rotatable bonds is 8. The summed E-state index contributed by atoms with van der Waals surface area (Å²) < 4.78 is 10.7. The van der Waals surface area contributed by atoms with Gasteiger partial charge in [0.05, 0.1) is 36.8 Å². The minimum Gasteiger partial charge on any atom is -0.465 e. The fourth-order valence-electron chi connectivity index (χ4n) is 2.34. The van der Waals surface area contributed by atoms with Gasteiger partial charge in [0.1, 0.15) is 11.5 Å². The van der Waals surface area contributed by atoms with Crippen molar-refractivity contribution in [1.29, 1.82) is 0 Å². The quantitative estimate of drug-likeness (QED) is 0.777. The Morgan fingerprint density at radius 1 is 1.39 bits per heavy atom. The Bertz CT molecular complexity index is 628. The molecule has 0 aromatic carbocycles. The lowest BCUT2D eigenvalue weighted by atomic mass is 10.3. The Labute approximate surface area is 136 Å². The van der Waals surface area contributed by atoms with Gasteiger partial charge in [0.2, 0.25) is 5.91 Å². The van der Waals surface area contributed by atoms with Gasteiger partial charge in [-0.1, -0.05) is 0 Å². The zero-order chi connectivity index (χ0) is 16.8. The number of aryl methyl sites for hydroxylation is 3. The van der Waals surface area contributed by atoms with Crippen LogP contribution in [0.25, 0.3) is 0 Å². The van der Waals surface area contributed by atoms with Gasteiger partial charge in [-0.25, -0.2) is 0 Å². The molecule has 0 atom stereocenters. The monoisotopic (exact) mass is 320 g/mol. The molecule has 2 aromatic rings. The highest BCUT2D eigenvalue weighted by Crippen LogP contribution is 2.16. The Hall–Kier alpha value is -2.12. The molecule has 7 heteroatoms. The summed E-state index contributed by atoms with van der Waals surface area (Å²) in [7, 11) is 1.65. The minimum absolute atomic E-state index is 0.0861. The molecule has 126 valence electrons. The molecule has 0 saturated heterocycles. The molecule has 7 nitrogen and oxygen atoms in total. The van der Waals surface area contributed by atoms with Gasteiger partial charge in [0.15, 0.2) is 0 Å². The molecule has 0 aliphatic heterocycles. The molecule has 23 heavy (non-hydrogen) atoms. The molecule has 0 unspecified atom stereocenters. The van der Waals surface area contributed by atoms with Crippen LogP contribution in [0, 0.1) is 20.8 Å². The molecule has 0 saturated carbocycles. The van der Waals surface area contributed by atoms with Gasteiger partial charge in [-0.05, 0) is 32.9 Å². The standard InChI is InChI=1S/C16H24N4O3/c1-11-5-6-14(23-11)9-20(7-8-22-4)10-15(21)17-16-12(2)18-19-13(16)3/h5-6H,7-10H2,1-4H3,(H,17,21)(H,18,19). The van der Waals surface area contributed by atoms with Crippen molar-refractivity contribution in [3.63, 3.8) is 0 Å². The Morgan fingerprint density at radius 3 is 2.74 bits per heavy atom. The van der Waals surface area contributed by atoms with E-state index in [0.29, 0.717) is 19.7 Å². The van der Waals surface area contributed by atoms with E-state index in [9.17, 15) is 4.79 Å². The van der Waals surface area contributed by atoms with E-state index in [-0.39, 0.29) is 12.5 Å². The second-order valence-corrected chi connectivity index (χ2v) is 5.57. The van der Waals surface area contributed by atoms with Crippen molar-refractivity contribution in [2.24, 2.45) is 0 Å². The number of aromatic nitrogens is 2. The Balaban J connectivity index is 1.97. The van der Waals surface area contributed by atoms with Crippen molar-refractivity contribution >= 4 is 11.6 Å². The number of hydrogen-bond donors (Lipinski definition) is 2. The number of methoxy groups -OCH3 is 1. The first kappa shape index (κ1) is 17.2. The number of nitrogens with one attached hydrogen (secondary N) is 2. The first-order valence-electron chi connectivity index (χ1n) is 7.57. The highest BCUT2D eigenvalue weighted by atomic mass is 16.5. The van der Waals surface area contributed by atoms with Gasteiger partial charge < -0.3 is 14.5 Å². The summed E-state index contributed by atoms with van der Waals surface area (Å²) in [6.07, 6.45) is 0. The van der Waals surface area contributed by atoms with Crippen LogP contribution in [0.3, 0.4) is 0 Å². The number of ether oxygens (including phenoxy) is 1. The van der Waals surface area contributed by atoms with Gasteiger partial charge in [0, 0.05) is 13.7 Å². The number of H-pyrrole nitrogens is 1. The molecule has 0 aliphatic carbocycles. The number of nitrogens with zero attached hydrogens (tertiary/aromatic N) is 2. The summed E-state index contributed by atoms with van der Waals surface area (Å²) in [5.74, 6) is 1.61. The molecule has 0 bridgehead atoms. The van der Waals surface area contributed by atoms with Crippen LogP contribution >= 0.6 is 0 Å². The predicted octanol–water partition coefficient (Wildman–Crippen LogP) is 2.02. The fraction of sp³-hybridized carbons (Fsp3) is 0.500. The Morgan fingerprint density at radius 2 is 2.17 bits per heavy atom. The lowest BCUT2D eigenvalue weighted by molar-refractivity contribution is -0.117. The molecule has 2 N–H and O–H groups in total. The average Bonchev–Trinajstić information content (AvgIpc) is 3.05. The highest BCUT2D eigenvalue weighted by molar-refractivity contribution is 5.93. The maximum Gasteiger partial charge on any atom is 0.238 e. The van der Waals surface area contributed by atoms with Gasteiger partial charge in [-0.2, -0.15) is 5.10 Å². The van der Waals surface area contributed by atoms with E-state index in [1.165, 1.54) is 0 Å². The number of carbonyl (C=O) groups is 1. The fourth-order valence-corrected chi connectivity index (χ4v) is 2.34. The van der Waals surface area contributed by atoms with Crippen molar-refractivity contribution < 1.29 is 13.9 Å². The van der Waals surface area contributed by atoms with Crippen LogP contribution in [0.4, 0.5) is 5.69 Å². The summed E-state index contributed by atoms with van der Waals surface area (Å²) >= 11 is 0. The van der Waals surface area contributed by atoms with Crippen molar-refractivity contribution in [1.82, 2.24) is 15.1 Å². The minimum atomic E-state index is -0.0861. The summed E-state index contributed by atoms with van der Waals surface area (Å²) in [4.78, 5) is 14.3. The SMILES string of the molecule is COCCN(CC(=O)Nc1c(C)n[nH]c1C)Cc1ccc(C)o1. The number of furan rings is 1. The molecule has 1 amide bonds. The predicted molar refractivity (Wildman–Crippen MR) is 87.3 cm³/mol. The van der Waals surface area contributed by atoms with E-state index in [0.717, 1.165) is 28.6 Å². The topological polar surface area (TPSA) is 83.4 Å². The van der Waals surface area contributed by atoms with E-state index in [2.05, 4.69) is 15.5 Å². The van der Waals surface area contributed by atoms with Crippen LogP contribution in [0.15, 0.2) is 16.5 Å². The first-order chi connectivity index (χ1) is 11.0. The smallest absolute Gasteiger partial charge is 0.238 e.